The lowest BCUT2D eigenvalue weighted by atomic mass is 9.97. The van der Waals surface area contributed by atoms with E-state index in [-0.39, 0.29) is 24.4 Å². The van der Waals surface area contributed by atoms with Gasteiger partial charge < -0.3 is 15.4 Å². The van der Waals surface area contributed by atoms with Crippen molar-refractivity contribution >= 4 is 22.6 Å². The number of nitrogens with two attached hydrogens (primary N) is 1. The number of alkyl halides is 3. The van der Waals surface area contributed by atoms with Gasteiger partial charge >= 0.3 is 6.18 Å². The third-order valence-corrected chi connectivity index (χ3v) is 6.18. The normalized spacial score (nSPS) is 17.3. The van der Waals surface area contributed by atoms with Crippen molar-refractivity contribution in [1.82, 2.24) is 14.9 Å². The maximum absolute atomic E-state index is 13.6. The second-order valence-electron chi connectivity index (χ2n) is 8.43. The summed E-state index contributed by atoms with van der Waals surface area (Å²) in [7, 11) is 0. The summed E-state index contributed by atoms with van der Waals surface area (Å²) in [6, 6.07) is 9.20. The van der Waals surface area contributed by atoms with Gasteiger partial charge in [0.2, 0.25) is 0 Å². The van der Waals surface area contributed by atoms with Crippen molar-refractivity contribution in [2.45, 2.75) is 39.0 Å². The fraction of sp³-hybridized carbons (Fsp3) is 0.375. The zero-order valence-corrected chi connectivity index (χ0v) is 18.4. The average Bonchev–Trinajstić information content (AvgIpc) is 3.32. The molecule has 1 aliphatic heterocycles. The first-order valence-electron chi connectivity index (χ1n) is 10.7. The van der Waals surface area contributed by atoms with Gasteiger partial charge in [-0.25, -0.2) is 4.98 Å². The Morgan fingerprint density at radius 2 is 2.06 bits per heavy atom. The number of carbonyl (C=O) groups is 1. The molecule has 3 heterocycles. The first-order valence-corrected chi connectivity index (χ1v) is 10.7. The topological polar surface area (TPSA) is 81.3 Å². The van der Waals surface area contributed by atoms with E-state index < -0.39 is 11.7 Å². The Hall–Kier alpha value is -3.20. The van der Waals surface area contributed by atoms with Gasteiger partial charge in [-0.2, -0.15) is 13.2 Å². The van der Waals surface area contributed by atoms with Gasteiger partial charge in [-0.15, -0.1) is 0 Å². The monoisotopic (exact) mass is 458 g/mol. The standard InChI is InChI=1S/C24H25F3N4O2/c1-14-9-18-10-16(3-6-21(18)30-22(14)28)23(32)31(15(2)17-7-8-33-13-17)12-20-5-4-19(11-29-20)24(25,26)27/h3-6,9-11,15,17H,7-8,12-13H2,1-2H3,(H2,28,30)/t15?,17-/m0/s1. The van der Waals surface area contributed by atoms with Crippen LogP contribution in [-0.2, 0) is 17.5 Å². The average molecular weight is 458 g/mol. The Balaban J connectivity index is 1.66. The molecule has 0 bridgehead atoms. The third kappa shape index (κ3) is 4.93. The lowest BCUT2D eigenvalue weighted by Crippen LogP contribution is -2.42. The van der Waals surface area contributed by atoms with Gasteiger partial charge in [0.15, 0.2) is 0 Å². The molecule has 9 heteroatoms. The molecule has 2 N–H and O–H groups in total. The van der Waals surface area contributed by atoms with Crippen molar-refractivity contribution < 1.29 is 22.7 Å². The largest absolute Gasteiger partial charge is 0.417 e. The van der Waals surface area contributed by atoms with E-state index in [4.69, 9.17) is 10.5 Å². The van der Waals surface area contributed by atoms with Gasteiger partial charge in [0.25, 0.3) is 5.91 Å². The van der Waals surface area contributed by atoms with Gasteiger partial charge in [-0.1, -0.05) is 0 Å². The van der Waals surface area contributed by atoms with Gasteiger partial charge in [0.1, 0.15) is 5.82 Å². The van der Waals surface area contributed by atoms with Gasteiger partial charge in [-0.05, 0) is 62.2 Å². The number of nitrogen functional groups attached to an aromatic ring is 1. The van der Waals surface area contributed by atoms with Crippen LogP contribution >= 0.6 is 0 Å². The number of anilines is 1. The molecule has 3 aromatic rings. The molecular formula is C24H25F3N4O2. The number of nitrogens with zero attached hydrogens (tertiary/aromatic N) is 3. The minimum absolute atomic E-state index is 0.0890. The van der Waals surface area contributed by atoms with Crippen molar-refractivity contribution in [2.24, 2.45) is 5.92 Å². The number of benzene rings is 1. The Morgan fingerprint density at radius 3 is 2.70 bits per heavy atom. The van der Waals surface area contributed by atoms with Crippen LogP contribution < -0.4 is 5.73 Å². The number of hydrogen-bond acceptors (Lipinski definition) is 5. The summed E-state index contributed by atoms with van der Waals surface area (Å²) in [5, 5.41) is 0.789. The zero-order valence-electron chi connectivity index (χ0n) is 18.4. The van der Waals surface area contributed by atoms with Crippen LogP contribution in [0.2, 0.25) is 0 Å². The molecule has 0 saturated carbocycles. The van der Waals surface area contributed by atoms with Crippen LogP contribution in [0.4, 0.5) is 19.0 Å². The lowest BCUT2D eigenvalue weighted by Gasteiger charge is -2.32. The van der Waals surface area contributed by atoms with Crippen molar-refractivity contribution in [3.63, 3.8) is 0 Å². The summed E-state index contributed by atoms with van der Waals surface area (Å²) in [5.74, 6) is 0.339. The van der Waals surface area contributed by atoms with Crippen LogP contribution in [0.25, 0.3) is 10.9 Å². The molecule has 1 aromatic carbocycles. The number of ether oxygens (including phenoxy) is 1. The maximum Gasteiger partial charge on any atom is 0.417 e. The second-order valence-corrected chi connectivity index (χ2v) is 8.43. The van der Waals surface area contributed by atoms with E-state index >= 15 is 0 Å². The van der Waals surface area contributed by atoms with E-state index in [0.717, 1.165) is 29.6 Å². The van der Waals surface area contributed by atoms with Crippen LogP contribution in [0.3, 0.4) is 0 Å². The van der Waals surface area contributed by atoms with Crippen molar-refractivity contribution in [3.8, 4) is 0 Å². The molecule has 174 valence electrons. The first kappa shape index (κ1) is 23.0. The van der Waals surface area contributed by atoms with Crippen LogP contribution in [-0.4, -0.2) is 40.0 Å². The summed E-state index contributed by atoms with van der Waals surface area (Å²) in [6.07, 6.45) is -2.85. The molecule has 1 amide bonds. The highest BCUT2D eigenvalue weighted by Crippen LogP contribution is 2.29. The highest BCUT2D eigenvalue weighted by molar-refractivity contribution is 5.98. The number of carbonyl (C=O) groups excluding carboxylic acids is 1. The Labute approximate surface area is 189 Å². The highest BCUT2D eigenvalue weighted by atomic mass is 19.4. The Kier molecular flexibility index (Phi) is 6.25. The Morgan fingerprint density at radius 1 is 1.27 bits per heavy atom. The SMILES string of the molecule is Cc1cc2cc(C(=O)N(Cc3ccc(C(F)(F)F)cn3)C(C)[C@H]3CCOC3)ccc2nc1N. The lowest BCUT2D eigenvalue weighted by molar-refractivity contribution is -0.137. The molecule has 2 atom stereocenters. The number of rotatable bonds is 5. The van der Waals surface area contributed by atoms with E-state index in [1.165, 1.54) is 6.07 Å². The van der Waals surface area contributed by atoms with E-state index in [1.807, 2.05) is 19.9 Å². The molecule has 1 aliphatic rings. The first-order chi connectivity index (χ1) is 15.6. The number of amides is 1. The Bertz CT molecular complexity index is 1160. The van der Waals surface area contributed by atoms with Crippen LogP contribution in [0, 0.1) is 12.8 Å². The van der Waals surface area contributed by atoms with Crippen molar-refractivity contribution in [2.75, 3.05) is 18.9 Å². The molecular weight excluding hydrogens is 433 g/mol. The van der Waals surface area contributed by atoms with Crippen LogP contribution in [0.5, 0.6) is 0 Å². The molecule has 6 nitrogen and oxygen atoms in total. The molecule has 0 aliphatic carbocycles. The number of fused-ring (bicyclic) bond motifs is 1. The predicted molar refractivity (Wildman–Crippen MR) is 118 cm³/mol. The number of halogens is 3. The summed E-state index contributed by atoms with van der Waals surface area (Å²) in [6.45, 7) is 5.03. The van der Waals surface area contributed by atoms with E-state index in [1.54, 1.807) is 23.1 Å². The molecule has 1 fully saturated rings. The maximum atomic E-state index is 13.6. The highest BCUT2D eigenvalue weighted by Gasteiger charge is 2.33. The minimum Gasteiger partial charge on any atom is -0.383 e. The molecule has 0 radical (unpaired) electrons. The zero-order chi connectivity index (χ0) is 23.8. The molecule has 1 saturated heterocycles. The van der Waals surface area contributed by atoms with Crippen LogP contribution in [0.1, 0.15) is 40.5 Å². The summed E-state index contributed by atoms with van der Waals surface area (Å²) in [5.41, 5.74) is 7.41. The van der Waals surface area contributed by atoms with Crippen molar-refractivity contribution in [1.29, 1.82) is 0 Å². The second kappa shape index (κ2) is 8.97. The third-order valence-electron chi connectivity index (χ3n) is 6.18. The van der Waals surface area contributed by atoms with Gasteiger partial charge in [0, 0.05) is 35.7 Å². The quantitative estimate of drug-likeness (QED) is 0.604. The summed E-state index contributed by atoms with van der Waals surface area (Å²) in [4.78, 5) is 23.6. The smallest absolute Gasteiger partial charge is 0.383 e. The molecule has 2 aromatic heterocycles. The molecule has 33 heavy (non-hydrogen) atoms. The number of hydrogen-bond donors (Lipinski definition) is 1. The van der Waals surface area contributed by atoms with E-state index in [0.29, 0.717) is 35.8 Å². The fourth-order valence-corrected chi connectivity index (χ4v) is 4.04. The molecule has 4 rings (SSSR count). The predicted octanol–water partition coefficient (Wildman–Crippen LogP) is 4.61. The number of aryl methyl sites for hydroxylation is 1. The molecule has 1 unspecified atom stereocenters. The fourth-order valence-electron chi connectivity index (χ4n) is 4.04. The number of aromatic nitrogens is 2. The van der Waals surface area contributed by atoms with Gasteiger partial charge in [0.05, 0.1) is 29.9 Å². The molecule has 0 spiro atoms. The number of pyridine rings is 2. The summed E-state index contributed by atoms with van der Waals surface area (Å²) < 4.78 is 44.2. The minimum atomic E-state index is -4.46. The van der Waals surface area contributed by atoms with E-state index in [2.05, 4.69) is 9.97 Å². The summed E-state index contributed by atoms with van der Waals surface area (Å²) >= 11 is 0. The van der Waals surface area contributed by atoms with E-state index in [9.17, 15) is 18.0 Å². The van der Waals surface area contributed by atoms with Crippen LogP contribution in [0.15, 0.2) is 42.6 Å². The van der Waals surface area contributed by atoms with Crippen molar-refractivity contribution in [3.05, 3.63) is 65.0 Å². The van der Waals surface area contributed by atoms with Gasteiger partial charge in [-0.3, -0.25) is 9.78 Å².